The van der Waals surface area contributed by atoms with Crippen LogP contribution in [0.25, 0.3) is 0 Å². The van der Waals surface area contributed by atoms with E-state index in [1.54, 1.807) is 24.1 Å². The average molecular weight is 394 g/mol. The number of fused-ring (bicyclic) bond motifs is 1. The van der Waals surface area contributed by atoms with Crippen LogP contribution in [0, 0.1) is 5.82 Å². The Morgan fingerprint density at radius 3 is 2.57 bits per heavy atom. The molecule has 0 saturated carbocycles. The van der Waals surface area contributed by atoms with Crippen LogP contribution < -0.4 is 4.90 Å². The van der Waals surface area contributed by atoms with Crippen LogP contribution in [0.1, 0.15) is 33.3 Å². The molecule has 4 rings (SSSR count). The molecule has 2 heterocycles. The number of thiophene rings is 1. The lowest BCUT2D eigenvalue weighted by Crippen LogP contribution is -2.35. The lowest BCUT2D eigenvalue weighted by Gasteiger charge is -2.28. The van der Waals surface area contributed by atoms with Gasteiger partial charge in [-0.25, -0.2) is 4.39 Å². The fourth-order valence-electron chi connectivity index (χ4n) is 3.48. The van der Waals surface area contributed by atoms with Gasteiger partial charge < -0.3 is 9.80 Å². The van der Waals surface area contributed by atoms with Gasteiger partial charge in [-0.3, -0.25) is 9.59 Å². The Balaban J connectivity index is 1.59. The molecule has 2 aromatic carbocycles. The molecule has 1 aromatic heterocycles. The van der Waals surface area contributed by atoms with Crippen LogP contribution >= 0.6 is 11.3 Å². The minimum atomic E-state index is -0.346. The highest BCUT2D eigenvalue weighted by atomic mass is 32.1. The molecule has 0 aliphatic carbocycles. The first-order valence-electron chi connectivity index (χ1n) is 8.99. The second-order valence-corrected chi connectivity index (χ2v) is 7.73. The van der Waals surface area contributed by atoms with Gasteiger partial charge in [0.05, 0.1) is 12.5 Å². The quantitative estimate of drug-likeness (QED) is 0.633. The molecule has 28 heavy (non-hydrogen) atoms. The summed E-state index contributed by atoms with van der Waals surface area (Å²) in [5, 5.41) is 1.95. The molecule has 142 valence electrons. The monoisotopic (exact) mass is 394 g/mol. The lowest BCUT2D eigenvalue weighted by atomic mass is 10.1. The number of anilines is 1. The van der Waals surface area contributed by atoms with Crippen LogP contribution in [-0.4, -0.2) is 23.8 Å². The second kappa shape index (κ2) is 7.56. The van der Waals surface area contributed by atoms with Gasteiger partial charge in [0.25, 0.3) is 5.91 Å². The number of benzene rings is 2. The summed E-state index contributed by atoms with van der Waals surface area (Å²) in [6.07, 6.45) is 0.161. The maximum atomic E-state index is 13.2. The first kappa shape index (κ1) is 18.4. The summed E-state index contributed by atoms with van der Waals surface area (Å²) in [6.45, 7) is 0.491. The van der Waals surface area contributed by atoms with Crippen LogP contribution in [0.15, 0.2) is 66.0 Å². The van der Waals surface area contributed by atoms with Crippen molar-refractivity contribution in [3.05, 3.63) is 87.9 Å². The van der Waals surface area contributed by atoms with Crippen LogP contribution in [0.5, 0.6) is 0 Å². The number of hydrogen-bond acceptors (Lipinski definition) is 3. The molecule has 0 fully saturated rings. The van der Waals surface area contributed by atoms with Crippen molar-refractivity contribution >= 4 is 28.8 Å². The number of carbonyl (C=O) groups excluding carboxylic acids is 2. The smallest absolute Gasteiger partial charge is 0.255 e. The Labute approximate surface area is 166 Å². The van der Waals surface area contributed by atoms with Gasteiger partial charge in [-0.05, 0) is 47.3 Å². The van der Waals surface area contributed by atoms with Crippen molar-refractivity contribution < 1.29 is 14.0 Å². The Hall–Kier alpha value is -2.99. The third-order valence-corrected chi connectivity index (χ3v) is 6.03. The number of halogens is 1. The molecule has 0 radical (unpaired) electrons. The summed E-state index contributed by atoms with van der Waals surface area (Å²) >= 11 is 1.54. The summed E-state index contributed by atoms with van der Waals surface area (Å²) < 4.78 is 13.2. The highest BCUT2D eigenvalue weighted by molar-refractivity contribution is 7.10. The molecule has 4 nitrogen and oxygen atoms in total. The maximum Gasteiger partial charge on any atom is 0.255 e. The molecule has 0 unspecified atom stereocenters. The normalized spacial score (nSPS) is 14.1. The van der Waals surface area contributed by atoms with E-state index >= 15 is 0 Å². The van der Waals surface area contributed by atoms with Crippen LogP contribution in [0.4, 0.5) is 10.1 Å². The van der Waals surface area contributed by atoms with Crippen molar-refractivity contribution in [1.82, 2.24) is 4.90 Å². The van der Waals surface area contributed by atoms with E-state index < -0.39 is 0 Å². The van der Waals surface area contributed by atoms with Gasteiger partial charge in [-0.15, -0.1) is 11.3 Å². The summed E-state index contributed by atoms with van der Waals surface area (Å²) in [7, 11) is 1.67. The Kier molecular flexibility index (Phi) is 4.96. The van der Waals surface area contributed by atoms with E-state index in [-0.39, 0.29) is 30.1 Å². The zero-order valence-corrected chi connectivity index (χ0v) is 16.2. The van der Waals surface area contributed by atoms with Gasteiger partial charge in [0.1, 0.15) is 5.82 Å². The van der Waals surface area contributed by atoms with E-state index in [0.717, 1.165) is 10.4 Å². The fraction of sp³-hybridized carbons (Fsp3) is 0.182. The molecule has 1 atom stereocenters. The molecular formula is C22H19FN2O2S. The Bertz CT molecular complexity index is 1000. The minimum absolute atomic E-state index is 0.0498. The number of hydrogen-bond donors (Lipinski definition) is 0. The van der Waals surface area contributed by atoms with E-state index in [0.29, 0.717) is 17.8 Å². The second-order valence-electron chi connectivity index (χ2n) is 6.75. The van der Waals surface area contributed by atoms with Crippen molar-refractivity contribution in [2.45, 2.75) is 19.0 Å². The van der Waals surface area contributed by atoms with Crippen molar-refractivity contribution in [3.8, 4) is 0 Å². The first-order chi connectivity index (χ1) is 13.5. The molecular weight excluding hydrogens is 375 g/mol. The van der Waals surface area contributed by atoms with Crippen LogP contribution in [0.2, 0.25) is 0 Å². The average Bonchev–Trinajstić information content (AvgIpc) is 3.35. The van der Waals surface area contributed by atoms with Crippen molar-refractivity contribution in [2.75, 3.05) is 11.9 Å². The van der Waals surface area contributed by atoms with Crippen LogP contribution in [-0.2, 0) is 11.3 Å². The zero-order chi connectivity index (χ0) is 19.7. The van der Waals surface area contributed by atoms with E-state index in [2.05, 4.69) is 0 Å². The highest BCUT2D eigenvalue weighted by Gasteiger charge is 2.35. The van der Waals surface area contributed by atoms with Crippen LogP contribution in [0.3, 0.4) is 0 Å². The summed E-state index contributed by atoms with van der Waals surface area (Å²) in [4.78, 5) is 30.2. The number of nitrogens with zero attached hydrogens (tertiary/aromatic N) is 2. The van der Waals surface area contributed by atoms with Gasteiger partial charge in [0, 0.05) is 29.7 Å². The predicted octanol–water partition coefficient (Wildman–Crippen LogP) is 4.64. The Morgan fingerprint density at radius 2 is 1.89 bits per heavy atom. The molecule has 0 saturated heterocycles. The molecule has 1 aliphatic heterocycles. The van der Waals surface area contributed by atoms with Gasteiger partial charge in [0.2, 0.25) is 5.91 Å². The molecule has 0 bridgehead atoms. The summed E-state index contributed by atoms with van der Waals surface area (Å²) in [6, 6.07) is 16.9. The number of carbonyl (C=O) groups is 2. The number of amides is 2. The van der Waals surface area contributed by atoms with Crippen molar-refractivity contribution in [2.24, 2.45) is 0 Å². The molecule has 3 aromatic rings. The Morgan fingerprint density at radius 1 is 1.14 bits per heavy atom. The standard InChI is InChI=1S/C22H19FN2O2S/c1-24(17-10-8-16(23)9-11-17)21(26)13-19(20-7-4-12-28-20)25-14-15-5-2-3-6-18(15)22(25)27/h2-12,19H,13-14H2,1H3/t19-/m0/s1. The molecule has 0 spiro atoms. The van der Waals surface area contributed by atoms with E-state index in [9.17, 15) is 14.0 Å². The zero-order valence-electron chi connectivity index (χ0n) is 15.3. The largest absolute Gasteiger partial charge is 0.326 e. The van der Waals surface area contributed by atoms with E-state index in [4.69, 9.17) is 0 Å². The summed E-state index contributed by atoms with van der Waals surface area (Å²) in [5.41, 5.74) is 2.30. The lowest BCUT2D eigenvalue weighted by molar-refractivity contribution is -0.119. The third-order valence-electron chi connectivity index (χ3n) is 5.05. The SMILES string of the molecule is CN(C(=O)C[C@@H](c1cccs1)N1Cc2ccccc2C1=O)c1ccc(F)cc1. The van der Waals surface area contributed by atoms with Crippen molar-refractivity contribution in [1.29, 1.82) is 0 Å². The summed E-state index contributed by atoms with van der Waals surface area (Å²) in [5.74, 6) is -0.526. The number of rotatable bonds is 5. The van der Waals surface area contributed by atoms with Gasteiger partial charge in [-0.1, -0.05) is 24.3 Å². The highest BCUT2D eigenvalue weighted by Crippen LogP contribution is 2.36. The molecule has 1 aliphatic rings. The predicted molar refractivity (Wildman–Crippen MR) is 108 cm³/mol. The van der Waals surface area contributed by atoms with E-state index in [1.807, 2.05) is 41.8 Å². The maximum absolute atomic E-state index is 13.2. The fourth-order valence-corrected chi connectivity index (χ4v) is 4.32. The van der Waals surface area contributed by atoms with Gasteiger partial charge in [-0.2, -0.15) is 0 Å². The third kappa shape index (κ3) is 3.43. The van der Waals surface area contributed by atoms with Gasteiger partial charge in [0.15, 0.2) is 0 Å². The molecule has 2 amide bonds. The first-order valence-corrected chi connectivity index (χ1v) is 9.87. The minimum Gasteiger partial charge on any atom is -0.326 e. The van der Waals surface area contributed by atoms with Crippen molar-refractivity contribution in [3.63, 3.8) is 0 Å². The molecule has 6 heteroatoms. The van der Waals surface area contributed by atoms with Gasteiger partial charge >= 0.3 is 0 Å². The topological polar surface area (TPSA) is 40.6 Å². The molecule has 0 N–H and O–H groups in total. The van der Waals surface area contributed by atoms with E-state index in [1.165, 1.54) is 28.4 Å².